The molecular weight excluding hydrogens is 396 g/mol. The minimum absolute atomic E-state index is 0.261. The Bertz CT molecular complexity index is 1120. The van der Waals surface area contributed by atoms with Crippen LogP contribution in [0.4, 0.5) is 0 Å². The Labute approximate surface area is 189 Å². The maximum absolute atomic E-state index is 6.47. The van der Waals surface area contributed by atoms with Crippen LogP contribution in [0.5, 0.6) is 0 Å². The average molecular weight is 425 g/mol. The summed E-state index contributed by atoms with van der Waals surface area (Å²) in [5, 5.41) is 0. The van der Waals surface area contributed by atoms with Gasteiger partial charge in [0.1, 0.15) is 24.2 Å². The summed E-state index contributed by atoms with van der Waals surface area (Å²) in [5.41, 5.74) is 5.33. The molecule has 0 N–H and O–H groups in total. The summed E-state index contributed by atoms with van der Waals surface area (Å²) >= 11 is 0. The van der Waals surface area contributed by atoms with Gasteiger partial charge in [-0.1, -0.05) is 97.1 Å². The third-order valence-electron chi connectivity index (χ3n) is 5.45. The van der Waals surface area contributed by atoms with Crippen molar-refractivity contribution < 1.29 is 13.9 Å². The third-order valence-corrected chi connectivity index (χ3v) is 5.45. The Morgan fingerprint density at radius 2 is 1.47 bits per heavy atom. The summed E-state index contributed by atoms with van der Waals surface area (Å²) in [6.07, 6.45) is 2.32. The Kier molecular flexibility index (Phi) is 7.34. The van der Waals surface area contributed by atoms with Gasteiger partial charge in [-0.3, -0.25) is 0 Å². The number of rotatable bonds is 10. The van der Waals surface area contributed by atoms with Crippen molar-refractivity contribution >= 4 is 0 Å². The number of furan rings is 1. The molecule has 0 radical (unpaired) electrons. The highest BCUT2D eigenvalue weighted by molar-refractivity contribution is 5.65. The molecule has 0 aliphatic heterocycles. The van der Waals surface area contributed by atoms with E-state index in [4.69, 9.17) is 13.9 Å². The van der Waals surface area contributed by atoms with E-state index in [1.165, 1.54) is 0 Å². The maximum Gasteiger partial charge on any atom is 0.138 e. The molecular formula is C29H28O3. The highest BCUT2D eigenvalue weighted by Crippen LogP contribution is 2.40. The molecule has 0 bridgehead atoms. The zero-order chi connectivity index (χ0) is 22.2. The zero-order valence-corrected chi connectivity index (χ0v) is 18.4. The van der Waals surface area contributed by atoms with Crippen LogP contribution in [0.15, 0.2) is 108 Å². The van der Waals surface area contributed by atoms with Gasteiger partial charge >= 0.3 is 0 Å². The van der Waals surface area contributed by atoms with Crippen molar-refractivity contribution in [3.05, 3.63) is 132 Å². The summed E-state index contributed by atoms with van der Waals surface area (Å²) in [4.78, 5) is 0. The van der Waals surface area contributed by atoms with E-state index in [0.29, 0.717) is 19.6 Å². The Morgan fingerprint density at radius 1 is 0.844 bits per heavy atom. The van der Waals surface area contributed by atoms with E-state index >= 15 is 0 Å². The monoisotopic (exact) mass is 424 g/mol. The van der Waals surface area contributed by atoms with Crippen molar-refractivity contribution in [3.8, 4) is 11.3 Å². The molecule has 3 nitrogen and oxygen atoms in total. The molecule has 3 heteroatoms. The first-order valence-electron chi connectivity index (χ1n) is 10.8. The largest absolute Gasteiger partial charge is 0.458 e. The molecule has 0 fully saturated rings. The number of ether oxygens (including phenoxy) is 2. The topological polar surface area (TPSA) is 31.6 Å². The van der Waals surface area contributed by atoms with Crippen molar-refractivity contribution in [2.24, 2.45) is 0 Å². The predicted octanol–water partition coefficient (Wildman–Crippen LogP) is 7.13. The molecule has 0 spiro atoms. The van der Waals surface area contributed by atoms with Gasteiger partial charge in [0.15, 0.2) is 0 Å². The molecule has 4 rings (SSSR count). The van der Waals surface area contributed by atoms with Gasteiger partial charge in [-0.15, -0.1) is 6.58 Å². The van der Waals surface area contributed by atoms with Crippen LogP contribution >= 0.6 is 0 Å². The second-order valence-electron chi connectivity index (χ2n) is 7.61. The average Bonchev–Trinajstić information content (AvgIpc) is 3.20. The summed E-state index contributed by atoms with van der Waals surface area (Å²) < 4.78 is 18.6. The summed E-state index contributed by atoms with van der Waals surface area (Å²) in [6, 6.07) is 30.5. The van der Waals surface area contributed by atoms with Gasteiger partial charge in [-0.25, -0.2) is 0 Å². The second-order valence-corrected chi connectivity index (χ2v) is 7.61. The second kappa shape index (κ2) is 10.8. The molecule has 0 aliphatic rings. The molecule has 0 amide bonds. The minimum atomic E-state index is -0.261. The van der Waals surface area contributed by atoms with Crippen LogP contribution in [0.25, 0.3) is 11.3 Å². The van der Waals surface area contributed by atoms with E-state index in [0.717, 1.165) is 39.3 Å². The van der Waals surface area contributed by atoms with E-state index in [1.54, 1.807) is 7.11 Å². The van der Waals surface area contributed by atoms with E-state index in [2.05, 4.69) is 43.0 Å². The molecule has 4 aromatic rings. The van der Waals surface area contributed by atoms with Crippen LogP contribution in [0, 0.1) is 0 Å². The molecule has 1 heterocycles. The van der Waals surface area contributed by atoms with Gasteiger partial charge in [-0.05, 0) is 17.5 Å². The van der Waals surface area contributed by atoms with Crippen molar-refractivity contribution in [1.82, 2.24) is 0 Å². The quantitative estimate of drug-likeness (QED) is 0.254. The minimum Gasteiger partial charge on any atom is -0.458 e. The van der Waals surface area contributed by atoms with Crippen molar-refractivity contribution in [3.63, 3.8) is 0 Å². The third kappa shape index (κ3) is 4.91. The van der Waals surface area contributed by atoms with Crippen LogP contribution in [-0.2, 0) is 29.1 Å². The molecule has 0 saturated carbocycles. The maximum atomic E-state index is 6.47. The summed E-state index contributed by atoms with van der Waals surface area (Å²) in [6.45, 7) is 4.86. The zero-order valence-electron chi connectivity index (χ0n) is 18.4. The summed E-state index contributed by atoms with van der Waals surface area (Å²) in [5.74, 6) is 1.63. The lowest BCUT2D eigenvalue weighted by Crippen LogP contribution is -2.08. The van der Waals surface area contributed by atoms with E-state index in [9.17, 15) is 0 Å². The first-order valence-corrected chi connectivity index (χ1v) is 10.8. The predicted molar refractivity (Wildman–Crippen MR) is 128 cm³/mol. The molecule has 1 unspecified atom stereocenters. The van der Waals surface area contributed by atoms with Crippen LogP contribution in [0.1, 0.15) is 34.1 Å². The molecule has 0 saturated heterocycles. The van der Waals surface area contributed by atoms with Gasteiger partial charge in [0.25, 0.3) is 0 Å². The number of hydrogen-bond acceptors (Lipinski definition) is 3. The highest BCUT2D eigenvalue weighted by atomic mass is 16.5. The van der Waals surface area contributed by atoms with Crippen LogP contribution in [0.2, 0.25) is 0 Å². The van der Waals surface area contributed by atoms with Gasteiger partial charge in [-0.2, -0.15) is 0 Å². The Hall–Kier alpha value is -3.40. The van der Waals surface area contributed by atoms with Crippen molar-refractivity contribution in [2.45, 2.75) is 25.7 Å². The lowest BCUT2D eigenvalue weighted by atomic mass is 9.93. The molecule has 0 aliphatic carbocycles. The number of allylic oxidation sites excluding steroid dienone is 1. The lowest BCUT2D eigenvalue weighted by Gasteiger charge is -2.18. The fraction of sp³-hybridized carbons (Fsp3) is 0.172. The smallest absolute Gasteiger partial charge is 0.138 e. The fourth-order valence-corrected chi connectivity index (χ4v) is 4.00. The summed E-state index contributed by atoms with van der Waals surface area (Å²) in [7, 11) is 1.74. The number of methoxy groups -OCH3 is 1. The molecule has 1 atom stereocenters. The molecule has 1 aromatic heterocycles. The number of hydrogen-bond donors (Lipinski definition) is 0. The highest BCUT2D eigenvalue weighted by Gasteiger charge is 2.28. The molecule has 162 valence electrons. The Morgan fingerprint density at radius 3 is 2.09 bits per heavy atom. The van der Waals surface area contributed by atoms with E-state index in [-0.39, 0.29) is 6.10 Å². The van der Waals surface area contributed by atoms with Gasteiger partial charge < -0.3 is 13.9 Å². The van der Waals surface area contributed by atoms with Crippen molar-refractivity contribution in [2.75, 3.05) is 7.11 Å². The number of benzene rings is 3. The Balaban J connectivity index is 1.76. The van der Waals surface area contributed by atoms with E-state index in [1.807, 2.05) is 60.7 Å². The molecule has 32 heavy (non-hydrogen) atoms. The molecule has 3 aromatic carbocycles. The SMILES string of the molecule is C=CCc1c(-c2ccccc2)oc(COCc2ccccc2)c1C(OC)c1ccccc1. The van der Waals surface area contributed by atoms with Crippen molar-refractivity contribution in [1.29, 1.82) is 0 Å². The van der Waals surface area contributed by atoms with Gasteiger partial charge in [0.05, 0.1) is 6.61 Å². The first-order chi connectivity index (χ1) is 15.8. The van der Waals surface area contributed by atoms with Crippen LogP contribution < -0.4 is 0 Å². The fourth-order valence-electron chi connectivity index (χ4n) is 4.00. The van der Waals surface area contributed by atoms with Crippen LogP contribution in [0.3, 0.4) is 0 Å². The van der Waals surface area contributed by atoms with E-state index < -0.39 is 0 Å². The lowest BCUT2D eigenvalue weighted by molar-refractivity contribution is 0.0865. The normalized spacial score (nSPS) is 11.9. The van der Waals surface area contributed by atoms with Crippen LogP contribution in [-0.4, -0.2) is 7.11 Å². The van der Waals surface area contributed by atoms with Gasteiger partial charge in [0.2, 0.25) is 0 Å². The van der Waals surface area contributed by atoms with Gasteiger partial charge in [0, 0.05) is 23.8 Å². The first kappa shape index (κ1) is 21.8. The standard InChI is InChI=1S/C29H28O3/c1-3-13-25-27(29(30-2)24-18-11-6-12-19-24)26(21-31-20-22-14-7-4-8-15-22)32-28(25)23-16-9-5-10-17-23/h3-12,14-19,29H,1,13,20-21H2,2H3.